The van der Waals surface area contributed by atoms with Gasteiger partial charge in [-0.25, -0.2) is 0 Å². The van der Waals surface area contributed by atoms with E-state index in [4.69, 9.17) is 9.05 Å². The number of carbonyl (C=O) groups is 1. The molecule has 438 valence electrons. The van der Waals surface area contributed by atoms with E-state index in [9.17, 15) is 19.4 Å². The van der Waals surface area contributed by atoms with Crippen LogP contribution in [0.2, 0.25) is 0 Å². The second-order valence-electron chi connectivity index (χ2n) is 24.2. The highest BCUT2D eigenvalue weighted by Crippen LogP contribution is 2.38. The predicted molar refractivity (Wildman–Crippen MR) is 316 cm³/mol. The Labute approximate surface area is 457 Å². The predicted octanol–water partition coefficient (Wildman–Crippen LogP) is 19.8. The third-order valence-corrected chi connectivity index (χ3v) is 16.6. The van der Waals surface area contributed by atoms with Crippen LogP contribution in [0.4, 0.5) is 0 Å². The molecular formula is C64H131N2O6P. The number of phosphoric ester groups is 1. The first kappa shape index (κ1) is 72.5. The van der Waals surface area contributed by atoms with E-state index in [1.54, 1.807) is 0 Å². The minimum Gasteiger partial charge on any atom is -0.756 e. The fourth-order valence-corrected chi connectivity index (χ4v) is 11.2. The molecule has 2 N–H and O–H groups in total. The van der Waals surface area contributed by atoms with Crippen LogP contribution in [-0.4, -0.2) is 68.5 Å². The fourth-order valence-electron chi connectivity index (χ4n) is 10.5. The Morgan fingerprint density at radius 3 is 0.932 bits per heavy atom. The molecule has 0 aromatic heterocycles. The number of nitrogens with one attached hydrogen (secondary N) is 1. The molecule has 9 heteroatoms. The Morgan fingerprint density at radius 2 is 0.671 bits per heavy atom. The number of phosphoric acid groups is 1. The van der Waals surface area contributed by atoms with Crippen LogP contribution in [-0.2, 0) is 18.4 Å². The average Bonchev–Trinajstić information content (AvgIpc) is 3.35. The molecule has 0 saturated heterocycles. The first-order valence-corrected chi connectivity index (χ1v) is 34.3. The van der Waals surface area contributed by atoms with Crippen molar-refractivity contribution in [2.45, 2.75) is 366 Å². The normalized spacial score (nSPS) is 13.7. The largest absolute Gasteiger partial charge is 0.756 e. The Kier molecular flexibility index (Phi) is 55.8. The summed E-state index contributed by atoms with van der Waals surface area (Å²) in [5.41, 5.74) is 0. The molecule has 0 spiro atoms. The van der Waals surface area contributed by atoms with Gasteiger partial charge in [0.15, 0.2) is 0 Å². The lowest BCUT2D eigenvalue weighted by Crippen LogP contribution is -2.46. The van der Waals surface area contributed by atoms with Gasteiger partial charge in [-0.1, -0.05) is 335 Å². The maximum Gasteiger partial charge on any atom is 0.268 e. The van der Waals surface area contributed by atoms with Gasteiger partial charge in [-0.2, -0.15) is 0 Å². The van der Waals surface area contributed by atoms with Crippen molar-refractivity contribution in [1.29, 1.82) is 0 Å². The number of aliphatic hydroxyl groups is 1. The van der Waals surface area contributed by atoms with E-state index in [0.717, 1.165) is 38.5 Å². The van der Waals surface area contributed by atoms with Gasteiger partial charge in [0.1, 0.15) is 13.2 Å². The Balaban J connectivity index is 4.00. The summed E-state index contributed by atoms with van der Waals surface area (Å²) in [5, 5.41) is 14.1. The maximum atomic E-state index is 13.0. The van der Waals surface area contributed by atoms with Gasteiger partial charge in [0.2, 0.25) is 5.91 Å². The molecule has 73 heavy (non-hydrogen) atoms. The molecule has 0 aromatic carbocycles. The third kappa shape index (κ3) is 59.0. The molecule has 0 fully saturated rings. The topological polar surface area (TPSA) is 108 Å². The van der Waals surface area contributed by atoms with E-state index in [0.29, 0.717) is 23.9 Å². The van der Waals surface area contributed by atoms with Gasteiger partial charge < -0.3 is 28.8 Å². The van der Waals surface area contributed by atoms with E-state index in [2.05, 4.69) is 19.2 Å². The molecule has 8 nitrogen and oxygen atoms in total. The molecule has 0 radical (unpaired) electrons. The Morgan fingerprint density at radius 1 is 0.425 bits per heavy atom. The summed E-state index contributed by atoms with van der Waals surface area (Å²) in [7, 11) is 1.33. The highest BCUT2D eigenvalue weighted by molar-refractivity contribution is 7.45. The number of amides is 1. The summed E-state index contributed by atoms with van der Waals surface area (Å²) >= 11 is 0. The minimum absolute atomic E-state index is 0.0168. The number of carbonyl (C=O) groups excluding carboxylic acids is 1. The van der Waals surface area contributed by atoms with Crippen molar-refractivity contribution in [1.82, 2.24) is 5.32 Å². The molecule has 0 aliphatic rings. The lowest BCUT2D eigenvalue weighted by atomic mass is 10.0. The summed E-state index contributed by atoms with van der Waals surface area (Å²) in [6, 6.07) is -0.796. The second kappa shape index (κ2) is 56.2. The number of hydrogen-bond acceptors (Lipinski definition) is 6. The van der Waals surface area contributed by atoms with E-state index in [-0.39, 0.29) is 19.1 Å². The van der Waals surface area contributed by atoms with E-state index < -0.39 is 20.0 Å². The molecule has 0 rings (SSSR count). The van der Waals surface area contributed by atoms with Crippen LogP contribution in [0.3, 0.4) is 0 Å². The molecule has 3 unspecified atom stereocenters. The molecule has 0 heterocycles. The molecule has 0 aliphatic heterocycles. The monoisotopic (exact) mass is 1050 g/mol. The Hall–Kier alpha value is -0.500. The lowest BCUT2D eigenvalue weighted by Gasteiger charge is -2.30. The van der Waals surface area contributed by atoms with Crippen molar-refractivity contribution < 1.29 is 32.9 Å². The van der Waals surface area contributed by atoms with Gasteiger partial charge in [0, 0.05) is 6.42 Å². The second-order valence-corrected chi connectivity index (χ2v) is 25.6. The number of unbranched alkanes of at least 4 members (excludes halogenated alkanes) is 49. The molecule has 0 aromatic rings. The zero-order valence-corrected chi connectivity index (χ0v) is 51.0. The number of likely N-dealkylation sites (N-methyl/N-ethyl adjacent to an activating group) is 1. The van der Waals surface area contributed by atoms with Gasteiger partial charge >= 0.3 is 0 Å². The van der Waals surface area contributed by atoms with Gasteiger partial charge in [-0.3, -0.25) is 9.36 Å². The number of rotatable bonds is 62. The zero-order chi connectivity index (χ0) is 53.5. The average molecular weight is 1060 g/mol. The van der Waals surface area contributed by atoms with E-state index in [1.165, 1.54) is 289 Å². The van der Waals surface area contributed by atoms with Crippen LogP contribution in [0.25, 0.3) is 0 Å². The van der Waals surface area contributed by atoms with Crippen LogP contribution < -0.4 is 10.2 Å². The number of hydrogen-bond donors (Lipinski definition) is 2. The number of aliphatic hydroxyl groups excluding tert-OH is 1. The smallest absolute Gasteiger partial charge is 0.268 e. The Bertz CT molecular complexity index is 1150. The fraction of sp³-hybridized carbons (Fsp3) is 0.984. The van der Waals surface area contributed by atoms with Crippen LogP contribution in [0.1, 0.15) is 354 Å². The van der Waals surface area contributed by atoms with Crippen molar-refractivity contribution in [3.05, 3.63) is 0 Å². The standard InChI is InChI=1S/C64H131N2O6P/c1-6-8-10-12-14-16-18-20-22-24-26-28-29-30-31-32-33-34-35-36-38-40-42-44-46-48-50-52-54-56-58-64(68)65-62(61-72-73(69,70)71-60-59-66(3,4)5)63(67)57-55-53-51-49-47-45-43-41-39-37-27-25-23-21-19-17-15-13-11-9-7-2/h62-63,67H,6-61H2,1-5H3,(H-,65,68,69,70). The van der Waals surface area contributed by atoms with Crippen LogP contribution >= 0.6 is 7.82 Å². The maximum absolute atomic E-state index is 13.0. The third-order valence-electron chi connectivity index (χ3n) is 15.6. The van der Waals surface area contributed by atoms with Gasteiger partial charge in [-0.15, -0.1) is 0 Å². The van der Waals surface area contributed by atoms with E-state index >= 15 is 0 Å². The van der Waals surface area contributed by atoms with Gasteiger partial charge in [0.05, 0.1) is 39.9 Å². The zero-order valence-electron chi connectivity index (χ0n) is 50.1. The quantitative estimate of drug-likeness (QED) is 0.0357. The number of nitrogens with zero attached hydrogens (tertiary/aromatic N) is 1. The van der Waals surface area contributed by atoms with Crippen LogP contribution in [0.15, 0.2) is 0 Å². The van der Waals surface area contributed by atoms with Crippen molar-refractivity contribution in [2.75, 3.05) is 40.9 Å². The first-order chi connectivity index (χ1) is 35.5. The summed E-state index contributed by atoms with van der Waals surface area (Å²) in [6.45, 7) is 4.79. The number of quaternary nitrogens is 1. The molecule has 0 saturated carbocycles. The molecule has 3 atom stereocenters. The SMILES string of the molecule is CCCCCCCCCCCCCCCCCCCCCCCCCCCCCCCCC(=O)NC(COP(=O)([O-])OCC[N+](C)(C)C)C(O)CCCCCCCCCCCCCCCCCCCCCCC. The van der Waals surface area contributed by atoms with Crippen LogP contribution in [0.5, 0.6) is 0 Å². The van der Waals surface area contributed by atoms with Crippen molar-refractivity contribution in [3.63, 3.8) is 0 Å². The lowest BCUT2D eigenvalue weighted by molar-refractivity contribution is -0.870. The molecular weight excluding hydrogens is 924 g/mol. The summed E-state index contributed by atoms with van der Waals surface area (Å²) in [6.07, 6.45) is 68.8. The van der Waals surface area contributed by atoms with Crippen molar-refractivity contribution in [3.8, 4) is 0 Å². The highest BCUT2D eigenvalue weighted by Gasteiger charge is 2.24. The van der Waals surface area contributed by atoms with Crippen molar-refractivity contribution >= 4 is 13.7 Å². The van der Waals surface area contributed by atoms with E-state index in [1.807, 2.05) is 21.1 Å². The highest BCUT2D eigenvalue weighted by atomic mass is 31.2. The molecule has 0 bridgehead atoms. The summed E-state index contributed by atoms with van der Waals surface area (Å²) in [4.78, 5) is 25.6. The van der Waals surface area contributed by atoms with Crippen LogP contribution in [0, 0.1) is 0 Å². The van der Waals surface area contributed by atoms with Gasteiger partial charge in [-0.05, 0) is 12.8 Å². The first-order valence-electron chi connectivity index (χ1n) is 32.9. The van der Waals surface area contributed by atoms with Crippen molar-refractivity contribution in [2.24, 2.45) is 0 Å². The minimum atomic E-state index is -4.57. The van der Waals surface area contributed by atoms with Gasteiger partial charge in [0.25, 0.3) is 7.82 Å². The molecule has 0 aliphatic carbocycles. The molecule has 1 amide bonds. The summed E-state index contributed by atoms with van der Waals surface area (Å²) in [5.74, 6) is -0.154. The summed E-state index contributed by atoms with van der Waals surface area (Å²) < 4.78 is 23.5.